The third-order valence-corrected chi connectivity index (χ3v) is 11.7. The van der Waals surface area contributed by atoms with Crippen LogP contribution in [-0.2, 0) is 0 Å². The molecule has 12 heterocycles. The van der Waals surface area contributed by atoms with Gasteiger partial charge in [-0.25, -0.2) is 0 Å². The second kappa shape index (κ2) is 22.7. The fourth-order valence-corrected chi connectivity index (χ4v) is 7.88. The van der Waals surface area contributed by atoms with Gasteiger partial charge in [-0.1, -0.05) is 70.9 Å². The lowest BCUT2D eigenvalue weighted by atomic mass is 10.3. The molecule has 0 radical (unpaired) electrons. The summed E-state index contributed by atoms with van der Waals surface area (Å²) in [6.45, 7) is 12.3. The van der Waals surface area contributed by atoms with Gasteiger partial charge in [0.2, 0.25) is 0 Å². The lowest BCUT2D eigenvalue weighted by Gasteiger charge is -2.32. The number of hydrogen-bond donors (Lipinski definition) is 0. The maximum Gasteiger partial charge on any atom is 0.149 e. The molecule has 0 aromatic heterocycles. The fraction of sp³-hybridized carbons (Fsp3) is 0.333. The Morgan fingerprint density at radius 1 is 0.293 bits per heavy atom. The highest BCUT2D eigenvalue weighted by Crippen LogP contribution is 2.31. The molecule has 4 aromatic carbocycles. The molecule has 0 amide bonds. The van der Waals surface area contributed by atoms with Gasteiger partial charge in [-0.2, -0.15) is 0 Å². The number of piperazine rings is 2. The summed E-state index contributed by atoms with van der Waals surface area (Å²) in [5.41, 5.74) is 0. The standard InChI is InChI=1S/C48H48N4O4S2/c1-5-37-53-41-9-17-45(18-10-41)57-46-19-11-43(12-20-46)55-39-7-3-27-51-33-35-52(36-34-51)28-4-8-40-56-44-15-23-48(24-16-44)58-47-21-13-42(14-22-47)54-38-6-2-26-50-31-29-49(25-1)30-32-50/h9-24H,25-40H2. The van der Waals surface area contributed by atoms with Crippen molar-refractivity contribution in [3.05, 3.63) is 97.1 Å². The van der Waals surface area contributed by atoms with Crippen molar-refractivity contribution in [2.75, 3.05) is 105 Å². The molecule has 2 saturated heterocycles. The summed E-state index contributed by atoms with van der Waals surface area (Å²) in [4.78, 5) is 14.1. The van der Waals surface area contributed by atoms with Crippen LogP contribution in [0, 0.1) is 47.4 Å². The molecule has 296 valence electrons. The van der Waals surface area contributed by atoms with E-state index in [1.807, 2.05) is 48.5 Å². The SMILES string of the molecule is C1#CCN2CCN(CC#CCOc3ccc(cc3)Sc3ccc(cc3)OCC#CCN3CCN(CC#CCOc4ccc(cc4)Sc4ccc(cc4)OC1)CC3)CC2. The highest BCUT2D eigenvalue weighted by atomic mass is 32.2. The van der Waals surface area contributed by atoms with E-state index in [4.69, 9.17) is 18.9 Å². The molecule has 16 rings (SSSR count). The lowest BCUT2D eigenvalue weighted by molar-refractivity contribution is 0.157. The first-order valence-corrected chi connectivity index (χ1v) is 21.3. The van der Waals surface area contributed by atoms with E-state index in [0.29, 0.717) is 26.4 Å². The van der Waals surface area contributed by atoms with E-state index in [0.717, 1.165) is 121 Å². The second-order valence-electron chi connectivity index (χ2n) is 13.8. The van der Waals surface area contributed by atoms with Crippen LogP contribution in [-0.4, -0.2) is 125 Å². The molecule has 8 nitrogen and oxygen atoms in total. The molecule has 12 aliphatic rings. The largest absolute Gasteiger partial charge is 0.481 e. The lowest BCUT2D eigenvalue weighted by Crippen LogP contribution is -2.46. The Hall–Kier alpha value is -5.14. The van der Waals surface area contributed by atoms with Crippen LogP contribution in [0.1, 0.15) is 0 Å². The van der Waals surface area contributed by atoms with Crippen LogP contribution in [0.2, 0.25) is 0 Å². The summed E-state index contributed by atoms with van der Waals surface area (Å²) < 4.78 is 23.6. The van der Waals surface area contributed by atoms with Gasteiger partial charge in [0.25, 0.3) is 0 Å². The van der Waals surface area contributed by atoms with Crippen LogP contribution in [0.5, 0.6) is 23.0 Å². The minimum absolute atomic E-state index is 0.372. The van der Waals surface area contributed by atoms with Gasteiger partial charge in [0.1, 0.15) is 49.4 Å². The zero-order chi connectivity index (χ0) is 39.5. The summed E-state index contributed by atoms with van der Waals surface area (Å²) in [6, 6.07) is 32.6. The summed E-state index contributed by atoms with van der Waals surface area (Å²) in [7, 11) is 0. The van der Waals surface area contributed by atoms with Crippen LogP contribution >= 0.6 is 23.5 Å². The van der Waals surface area contributed by atoms with Crippen LogP contribution in [0.25, 0.3) is 0 Å². The van der Waals surface area contributed by atoms with Crippen LogP contribution in [0.3, 0.4) is 0 Å². The van der Waals surface area contributed by atoms with Crippen molar-refractivity contribution in [2.24, 2.45) is 0 Å². The maximum atomic E-state index is 5.89. The van der Waals surface area contributed by atoms with E-state index in [-0.39, 0.29) is 0 Å². The molecule has 2 fully saturated rings. The molecule has 12 aliphatic heterocycles. The first-order valence-electron chi connectivity index (χ1n) is 19.7. The Balaban J connectivity index is 0.896. The molecular formula is C48H48N4O4S2. The van der Waals surface area contributed by atoms with Gasteiger partial charge < -0.3 is 18.9 Å². The predicted molar refractivity (Wildman–Crippen MR) is 233 cm³/mol. The van der Waals surface area contributed by atoms with Gasteiger partial charge in [0, 0.05) is 71.9 Å². The predicted octanol–water partition coefficient (Wildman–Crippen LogP) is 6.47. The van der Waals surface area contributed by atoms with E-state index < -0.39 is 0 Å². The molecular weight excluding hydrogens is 761 g/mol. The monoisotopic (exact) mass is 808 g/mol. The molecule has 10 heteroatoms. The maximum absolute atomic E-state index is 5.89. The quantitative estimate of drug-likeness (QED) is 0.185. The summed E-state index contributed by atoms with van der Waals surface area (Å²) >= 11 is 3.40. The molecule has 4 aromatic rings. The molecule has 0 N–H and O–H groups in total. The van der Waals surface area contributed by atoms with E-state index in [9.17, 15) is 0 Å². The van der Waals surface area contributed by atoms with Crippen molar-refractivity contribution in [1.29, 1.82) is 0 Å². The highest BCUT2D eigenvalue weighted by Gasteiger charge is 2.16. The second-order valence-corrected chi connectivity index (χ2v) is 16.1. The van der Waals surface area contributed by atoms with E-state index >= 15 is 0 Å². The molecule has 0 saturated carbocycles. The first-order chi connectivity index (χ1) is 28.7. The Morgan fingerprint density at radius 2 is 0.500 bits per heavy atom. The number of nitrogens with zero attached hydrogens (tertiary/aromatic N) is 4. The van der Waals surface area contributed by atoms with E-state index in [1.165, 1.54) is 0 Å². The fourth-order valence-electron chi connectivity index (χ4n) is 6.25. The number of rotatable bonds is 0. The van der Waals surface area contributed by atoms with Gasteiger partial charge in [-0.15, -0.1) is 0 Å². The number of hydrogen-bond acceptors (Lipinski definition) is 10. The van der Waals surface area contributed by atoms with Crippen molar-refractivity contribution in [2.45, 2.75) is 19.6 Å². The first kappa shape index (κ1) is 41.0. The van der Waals surface area contributed by atoms with Crippen LogP contribution < -0.4 is 18.9 Å². The summed E-state index contributed by atoms with van der Waals surface area (Å²) in [5.74, 6) is 29.1. The van der Waals surface area contributed by atoms with E-state index in [2.05, 4.69) is 115 Å². The Bertz CT molecular complexity index is 1830. The van der Waals surface area contributed by atoms with Gasteiger partial charge in [-0.3, -0.25) is 19.6 Å². The molecule has 0 unspecified atom stereocenters. The topological polar surface area (TPSA) is 49.9 Å². The highest BCUT2D eigenvalue weighted by molar-refractivity contribution is 7.99. The summed E-state index contributed by atoms with van der Waals surface area (Å²) in [6.07, 6.45) is 0. The minimum atomic E-state index is 0.372. The third kappa shape index (κ3) is 14.1. The van der Waals surface area contributed by atoms with Gasteiger partial charge in [-0.05, 0) is 97.1 Å². The third-order valence-electron chi connectivity index (χ3n) is 9.65. The minimum Gasteiger partial charge on any atom is -0.481 e. The van der Waals surface area contributed by atoms with Crippen molar-refractivity contribution in [1.82, 2.24) is 19.6 Å². The van der Waals surface area contributed by atoms with Crippen molar-refractivity contribution < 1.29 is 18.9 Å². The normalized spacial score (nSPS) is 21.8. The summed E-state index contributed by atoms with van der Waals surface area (Å²) in [5, 5.41) is 0. The molecule has 0 spiro atoms. The number of benzene rings is 4. The zero-order valence-electron chi connectivity index (χ0n) is 32.8. The molecule has 0 aliphatic carbocycles. The van der Waals surface area contributed by atoms with Crippen molar-refractivity contribution >= 4 is 23.5 Å². The average molecular weight is 809 g/mol. The molecule has 0 atom stereocenters. The van der Waals surface area contributed by atoms with Gasteiger partial charge in [0.05, 0.1) is 26.2 Å². The zero-order valence-corrected chi connectivity index (χ0v) is 34.4. The Labute approximate surface area is 352 Å². The smallest absolute Gasteiger partial charge is 0.149 e. The van der Waals surface area contributed by atoms with Crippen LogP contribution in [0.4, 0.5) is 0 Å². The Kier molecular flexibility index (Phi) is 16.1. The van der Waals surface area contributed by atoms with Crippen molar-refractivity contribution in [3.8, 4) is 70.4 Å². The molecule has 12 bridgehead atoms. The Morgan fingerprint density at radius 3 is 0.707 bits per heavy atom. The number of ether oxygens (including phenoxy) is 4. The van der Waals surface area contributed by atoms with Crippen LogP contribution in [0.15, 0.2) is 117 Å². The van der Waals surface area contributed by atoms with Gasteiger partial charge >= 0.3 is 0 Å². The average Bonchev–Trinajstić information content (AvgIpc) is 3.26. The molecule has 58 heavy (non-hydrogen) atoms. The van der Waals surface area contributed by atoms with Gasteiger partial charge in [0.15, 0.2) is 0 Å². The van der Waals surface area contributed by atoms with Crippen molar-refractivity contribution in [3.63, 3.8) is 0 Å². The van der Waals surface area contributed by atoms with E-state index in [1.54, 1.807) is 23.5 Å².